The molecule has 0 aliphatic carbocycles. The number of hydrogen-bond donors (Lipinski definition) is 1. The van der Waals surface area contributed by atoms with Crippen molar-refractivity contribution in [1.29, 1.82) is 0 Å². The van der Waals surface area contributed by atoms with Gasteiger partial charge in [-0.25, -0.2) is 8.42 Å². The molecule has 0 spiro atoms. The molecular formula is C23H24N2O4S. The van der Waals surface area contributed by atoms with Crippen molar-refractivity contribution in [3.05, 3.63) is 83.4 Å². The molecule has 1 aliphatic rings. The smallest absolute Gasteiger partial charge is 0.231 e. The first-order valence-electron chi connectivity index (χ1n) is 9.64. The second-order valence-electron chi connectivity index (χ2n) is 7.35. The van der Waals surface area contributed by atoms with E-state index in [1.165, 1.54) is 5.56 Å². The van der Waals surface area contributed by atoms with Crippen LogP contribution in [-0.4, -0.2) is 21.5 Å². The van der Waals surface area contributed by atoms with Crippen LogP contribution in [0.5, 0.6) is 11.5 Å². The summed E-state index contributed by atoms with van der Waals surface area (Å²) in [5.74, 6) is 1.50. The second-order valence-corrected chi connectivity index (χ2v) is 9.10. The highest BCUT2D eigenvalue weighted by molar-refractivity contribution is 7.92. The molecule has 1 heterocycles. The summed E-state index contributed by atoms with van der Waals surface area (Å²) in [7, 11) is -3.37. The van der Waals surface area contributed by atoms with Crippen LogP contribution in [0.4, 0.5) is 11.4 Å². The molecular weight excluding hydrogens is 400 g/mol. The van der Waals surface area contributed by atoms with Gasteiger partial charge in [-0.05, 0) is 47.9 Å². The minimum Gasteiger partial charge on any atom is -0.454 e. The summed E-state index contributed by atoms with van der Waals surface area (Å²) in [5, 5.41) is 0. The number of nitrogens with zero attached hydrogens (tertiary/aromatic N) is 1. The lowest BCUT2D eigenvalue weighted by atomic mass is 10.1. The van der Waals surface area contributed by atoms with Gasteiger partial charge in [-0.15, -0.1) is 0 Å². The summed E-state index contributed by atoms with van der Waals surface area (Å²) in [6, 6.07) is 21.8. The molecule has 30 heavy (non-hydrogen) atoms. The summed E-state index contributed by atoms with van der Waals surface area (Å²) in [6.07, 6.45) is 1.16. The molecule has 156 valence electrons. The summed E-state index contributed by atoms with van der Waals surface area (Å²) < 4.78 is 37.1. The second kappa shape index (κ2) is 8.28. The van der Waals surface area contributed by atoms with Gasteiger partial charge in [0.1, 0.15) is 0 Å². The van der Waals surface area contributed by atoms with Crippen molar-refractivity contribution >= 4 is 21.4 Å². The molecule has 3 aromatic rings. The van der Waals surface area contributed by atoms with Gasteiger partial charge in [0.25, 0.3) is 0 Å². The van der Waals surface area contributed by atoms with E-state index in [4.69, 9.17) is 9.47 Å². The maximum Gasteiger partial charge on any atom is 0.231 e. The minimum atomic E-state index is -3.37. The molecule has 0 unspecified atom stereocenters. The maximum atomic E-state index is 11.8. The number of benzene rings is 3. The van der Waals surface area contributed by atoms with Crippen molar-refractivity contribution in [2.24, 2.45) is 0 Å². The summed E-state index contributed by atoms with van der Waals surface area (Å²) >= 11 is 0. The number of nitrogens with one attached hydrogen (secondary N) is 1. The summed E-state index contributed by atoms with van der Waals surface area (Å²) in [6.45, 7) is 3.48. The Balaban J connectivity index is 1.69. The molecule has 0 amide bonds. The van der Waals surface area contributed by atoms with Gasteiger partial charge in [-0.1, -0.05) is 42.5 Å². The van der Waals surface area contributed by atoms with E-state index in [0.717, 1.165) is 34.6 Å². The molecule has 0 fully saturated rings. The number of ether oxygens (including phenoxy) is 2. The first-order valence-corrected chi connectivity index (χ1v) is 11.5. The zero-order valence-corrected chi connectivity index (χ0v) is 17.8. The van der Waals surface area contributed by atoms with Crippen molar-refractivity contribution in [1.82, 2.24) is 0 Å². The molecule has 0 atom stereocenters. The van der Waals surface area contributed by atoms with Crippen LogP contribution >= 0.6 is 0 Å². The van der Waals surface area contributed by atoms with Crippen LogP contribution in [-0.2, 0) is 23.1 Å². The number of anilines is 2. The number of sulfonamides is 1. The van der Waals surface area contributed by atoms with E-state index in [2.05, 4.69) is 21.8 Å². The van der Waals surface area contributed by atoms with E-state index in [1.54, 1.807) is 6.07 Å². The third-order valence-corrected chi connectivity index (χ3v) is 5.56. The first kappa shape index (κ1) is 20.1. The van der Waals surface area contributed by atoms with Crippen LogP contribution < -0.4 is 19.1 Å². The molecule has 0 bridgehead atoms. The Bertz CT molecular complexity index is 1150. The zero-order valence-electron chi connectivity index (χ0n) is 17.0. The average molecular weight is 425 g/mol. The maximum absolute atomic E-state index is 11.8. The predicted octanol–water partition coefficient (Wildman–Crippen LogP) is 4.30. The summed E-state index contributed by atoms with van der Waals surface area (Å²) in [4.78, 5) is 2.23. The molecule has 1 N–H and O–H groups in total. The van der Waals surface area contributed by atoms with Crippen LogP contribution in [0.3, 0.4) is 0 Å². The Kier molecular flexibility index (Phi) is 5.55. The van der Waals surface area contributed by atoms with Crippen LogP contribution in [0.2, 0.25) is 0 Å². The largest absolute Gasteiger partial charge is 0.454 e. The average Bonchev–Trinajstić information content (AvgIpc) is 3.17. The van der Waals surface area contributed by atoms with E-state index < -0.39 is 10.0 Å². The van der Waals surface area contributed by atoms with Crippen LogP contribution in [0, 0.1) is 6.92 Å². The van der Waals surface area contributed by atoms with Crippen molar-refractivity contribution in [2.45, 2.75) is 20.0 Å². The van der Waals surface area contributed by atoms with Crippen LogP contribution in [0.25, 0.3) is 0 Å². The van der Waals surface area contributed by atoms with Crippen molar-refractivity contribution < 1.29 is 17.9 Å². The minimum absolute atomic E-state index is 0.241. The van der Waals surface area contributed by atoms with Crippen molar-refractivity contribution in [2.75, 3.05) is 22.7 Å². The Morgan fingerprint density at radius 3 is 2.40 bits per heavy atom. The van der Waals surface area contributed by atoms with Gasteiger partial charge in [-0.2, -0.15) is 0 Å². The standard InChI is InChI=1S/C23H24N2O4S/c1-17-20(24-30(2,26)27)9-6-10-21(17)25(14-18-7-4-3-5-8-18)15-19-11-12-22-23(13-19)29-16-28-22/h3-13,24H,14-16H2,1-2H3. The van der Waals surface area contributed by atoms with E-state index in [-0.39, 0.29) is 6.79 Å². The van der Waals surface area contributed by atoms with Gasteiger partial charge in [-0.3, -0.25) is 4.72 Å². The summed E-state index contributed by atoms with van der Waals surface area (Å²) in [5.41, 5.74) is 4.67. The first-order chi connectivity index (χ1) is 14.4. The lowest BCUT2D eigenvalue weighted by molar-refractivity contribution is 0.174. The normalized spacial score (nSPS) is 12.6. The highest BCUT2D eigenvalue weighted by Gasteiger charge is 2.18. The number of rotatable bonds is 7. The lowest BCUT2D eigenvalue weighted by Gasteiger charge is -2.28. The monoisotopic (exact) mass is 424 g/mol. The Morgan fingerprint density at radius 1 is 0.900 bits per heavy atom. The Morgan fingerprint density at radius 2 is 1.63 bits per heavy atom. The van der Waals surface area contributed by atoms with Crippen molar-refractivity contribution in [3.8, 4) is 11.5 Å². The molecule has 7 heteroatoms. The van der Waals surface area contributed by atoms with Gasteiger partial charge < -0.3 is 14.4 Å². The molecule has 0 saturated carbocycles. The third-order valence-electron chi connectivity index (χ3n) is 4.97. The number of hydrogen-bond acceptors (Lipinski definition) is 5. The number of fused-ring (bicyclic) bond motifs is 1. The van der Waals surface area contributed by atoms with Gasteiger partial charge in [0.05, 0.1) is 11.9 Å². The molecule has 1 aliphatic heterocycles. The predicted molar refractivity (Wildman–Crippen MR) is 119 cm³/mol. The molecule has 0 aromatic heterocycles. The SMILES string of the molecule is Cc1c(NS(C)(=O)=O)cccc1N(Cc1ccccc1)Cc1ccc2c(c1)OCO2. The fourth-order valence-corrected chi connectivity index (χ4v) is 4.19. The van der Waals surface area contributed by atoms with Gasteiger partial charge >= 0.3 is 0 Å². The molecule has 4 rings (SSSR count). The molecule has 0 radical (unpaired) electrons. The van der Waals surface area contributed by atoms with Gasteiger partial charge in [0.15, 0.2) is 11.5 Å². The Hall–Kier alpha value is -3.19. The van der Waals surface area contributed by atoms with E-state index in [9.17, 15) is 8.42 Å². The zero-order chi connectivity index (χ0) is 21.1. The quantitative estimate of drug-likeness (QED) is 0.612. The highest BCUT2D eigenvalue weighted by atomic mass is 32.2. The fourth-order valence-electron chi connectivity index (χ4n) is 3.57. The Labute approximate surface area is 177 Å². The highest BCUT2D eigenvalue weighted by Crippen LogP contribution is 2.34. The molecule has 3 aromatic carbocycles. The topological polar surface area (TPSA) is 67.9 Å². The molecule has 0 saturated heterocycles. The van der Waals surface area contributed by atoms with Gasteiger partial charge in [0.2, 0.25) is 16.8 Å². The van der Waals surface area contributed by atoms with E-state index in [0.29, 0.717) is 18.8 Å². The molecule has 6 nitrogen and oxygen atoms in total. The van der Waals surface area contributed by atoms with E-state index >= 15 is 0 Å². The van der Waals surface area contributed by atoms with Crippen molar-refractivity contribution in [3.63, 3.8) is 0 Å². The van der Waals surface area contributed by atoms with E-state index in [1.807, 2.05) is 55.5 Å². The van der Waals surface area contributed by atoms with Gasteiger partial charge in [0, 0.05) is 18.8 Å². The third kappa shape index (κ3) is 4.68. The lowest BCUT2D eigenvalue weighted by Crippen LogP contribution is -2.23. The van der Waals surface area contributed by atoms with Crippen LogP contribution in [0.15, 0.2) is 66.7 Å². The fraction of sp³-hybridized carbons (Fsp3) is 0.217. The van der Waals surface area contributed by atoms with Crippen LogP contribution in [0.1, 0.15) is 16.7 Å².